The van der Waals surface area contributed by atoms with Crippen molar-refractivity contribution < 1.29 is 8.83 Å². The number of hydrogen-bond acceptors (Lipinski definition) is 6. The fourth-order valence-corrected chi connectivity index (χ4v) is 2.14. The fraction of sp³-hybridized carbons (Fsp3) is 0.0625. The van der Waals surface area contributed by atoms with Crippen LogP contribution in [0.2, 0.25) is 5.02 Å². The van der Waals surface area contributed by atoms with Crippen LogP contribution in [0.25, 0.3) is 11.3 Å². The average Bonchev–Trinajstić information content (AvgIpc) is 3.14. The SMILES string of the molecule is Cc1nc(C#N)c(N/N=C/c2ccc(-c3cccc(Cl)c3)o2)o1. The van der Waals surface area contributed by atoms with Gasteiger partial charge in [0, 0.05) is 17.5 Å². The van der Waals surface area contributed by atoms with Gasteiger partial charge in [0.15, 0.2) is 5.89 Å². The lowest BCUT2D eigenvalue weighted by atomic mass is 10.2. The number of anilines is 1. The first kappa shape index (κ1) is 14.9. The van der Waals surface area contributed by atoms with Crippen LogP contribution in [0.1, 0.15) is 17.3 Å². The van der Waals surface area contributed by atoms with Gasteiger partial charge in [0.2, 0.25) is 5.69 Å². The Hall–Kier alpha value is -3.04. The Morgan fingerprint density at radius 2 is 2.17 bits per heavy atom. The minimum atomic E-state index is 0.152. The average molecular weight is 327 g/mol. The third kappa shape index (κ3) is 3.42. The summed E-state index contributed by atoms with van der Waals surface area (Å²) in [6.45, 7) is 1.65. The van der Waals surface area contributed by atoms with Gasteiger partial charge in [-0.05, 0) is 24.3 Å². The zero-order valence-electron chi connectivity index (χ0n) is 12.1. The maximum absolute atomic E-state index is 8.91. The Morgan fingerprint density at radius 3 is 2.96 bits per heavy atom. The molecular weight excluding hydrogens is 316 g/mol. The Balaban J connectivity index is 1.73. The quantitative estimate of drug-likeness (QED) is 0.573. The second-order valence-corrected chi connectivity index (χ2v) is 5.04. The lowest BCUT2D eigenvalue weighted by Gasteiger charge is -1.97. The van der Waals surface area contributed by atoms with Crippen LogP contribution < -0.4 is 5.43 Å². The molecule has 0 saturated heterocycles. The molecule has 0 unspecified atom stereocenters. The molecule has 0 saturated carbocycles. The number of oxazole rings is 1. The molecule has 0 aliphatic heterocycles. The van der Waals surface area contributed by atoms with E-state index in [1.54, 1.807) is 19.1 Å². The van der Waals surface area contributed by atoms with Crippen LogP contribution in [0, 0.1) is 18.3 Å². The third-order valence-corrected chi connectivity index (χ3v) is 3.17. The number of furan rings is 1. The molecule has 7 heteroatoms. The molecule has 0 amide bonds. The van der Waals surface area contributed by atoms with Crippen molar-refractivity contribution in [1.82, 2.24) is 4.98 Å². The van der Waals surface area contributed by atoms with E-state index in [0.717, 1.165) is 5.56 Å². The first-order valence-corrected chi connectivity index (χ1v) is 7.06. The van der Waals surface area contributed by atoms with E-state index in [1.165, 1.54) is 6.21 Å². The van der Waals surface area contributed by atoms with Crippen molar-refractivity contribution in [2.45, 2.75) is 6.92 Å². The third-order valence-electron chi connectivity index (χ3n) is 2.93. The van der Waals surface area contributed by atoms with E-state index in [0.29, 0.717) is 22.4 Å². The van der Waals surface area contributed by atoms with Crippen molar-refractivity contribution in [1.29, 1.82) is 5.26 Å². The number of halogens is 1. The lowest BCUT2D eigenvalue weighted by molar-refractivity contribution is 0.533. The minimum Gasteiger partial charge on any atom is -0.455 e. The van der Waals surface area contributed by atoms with Crippen molar-refractivity contribution in [3.8, 4) is 17.4 Å². The van der Waals surface area contributed by atoms with E-state index in [-0.39, 0.29) is 11.6 Å². The van der Waals surface area contributed by atoms with E-state index < -0.39 is 0 Å². The van der Waals surface area contributed by atoms with Crippen molar-refractivity contribution in [2.75, 3.05) is 5.43 Å². The zero-order valence-corrected chi connectivity index (χ0v) is 12.8. The Labute approximate surface area is 137 Å². The fourth-order valence-electron chi connectivity index (χ4n) is 1.95. The maximum Gasteiger partial charge on any atom is 0.252 e. The van der Waals surface area contributed by atoms with E-state index in [9.17, 15) is 0 Å². The number of hydrogen-bond donors (Lipinski definition) is 1. The topological polar surface area (TPSA) is 87.4 Å². The first-order valence-electron chi connectivity index (χ1n) is 6.68. The summed E-state index contributed by atoms with van der Waals surface area (Å²) in [5, 5.41) is 13.5. The molecule has 1 aromatic carbocycles. The summed E-state index contributed by atoms with van der Waals surface area (Å²) < 4.78 is 10.9. The second-order valence-electron chi connectivity index (χ2n) is 4.60. The number of nitrogens with one attached hydrogen (secondary N) is 1. The minimum absolute atomic E-state index is 0.152. The number of aromatic nitrogens is 1. The van der Waals surface area contributed by atoms with Crippen LogP contribution in [0.3, 0.4) is 0 Å². The van der Waals surface area contributed by atoms with Gasteiger partial charge >= 0.3 is 0 Å². The molecule has 0 spiro atoms. The van der Waals surface area contributed by atoms with Crippen LogP contribution in [-0.2, 0) is 0 Å². The Morgan fingerprint density at radius 1 is 1.30 bits per heavy atom. The molecule has 0 aliphatic carbocycles. The highest BCUT2D eigenvalue weighted by Gasteiger charge is 2.09. The molecule has 0 aliphatic rings. The zero-order chi connectivity index (χ0) is 16.2. The molecule has 0 atom stereocenters. The van der Waals surface area contributed by atoms with Crippen molar-refractivity contribution in [3.63, 3.8) is 0 Å². The standard InChI is InChI=1S/C16H11ClN4O2/c1-10-20-14(8-18)16(22-10)21-19-9-13-5-6-15(23-13)11-3-2-4-12(17)7-11/h2-7,9,21H,1H3/b19-9+. The van der Waals surface area contributed by atoms with Gasteiger partial charge in [-0.1, -0.05) is 23.7 Å². The highest BCUT2D eigenvalue weighted by molar-refractivity contribution is 6.30. The number of hydrazone groups is 1. The molecule has 3 aromatic rings. The summed E-state index contributed by atoms with van der Waals surface area (Å²) >= 11 is 5.96. The normalized spacial score (nSPS) is 10.8. The Bertz CT molecular complexity index is 905. The number of nitriles is 1. The number of aryl methyl sites for hydroxylation is 1. The van der Waals surface area contributed by atoms with Gasteiger partial charge in [-0.15, -0.1) is 0 Å². The molecule has 1 N–H and O–H groups in total. The van der Waals surface area contributed by atoms with Gasteiger partial charge < -0.3 is 8.83 Å². The van der Waals surface area contributed by atoms with E-state index in [2.05, 4.69) is 15.5 Å². The molecule has 3 rings (SSSR count). The predicted molar refractivity (Wildman–Crippen MR) is 86.3 cm³/mol. The molecule has 6 nitrogen and oxygen atoms in total. The lowest BCUT2D eigenvalue weighted by Crippen LogP contribution is -1.90. The van der Waals surface area contributed by atoms with Gasteiger partial charge in [0.1, 0.15) is 17.6 Å². The van der Waals surface area contributed by atoms with Crippen LogP contribution in [0.5, 0.6) is 0 Å². The summed E-state index contributed by atoms with van der Waals surface area (Å²) in [4.78, 5) is 3.91. The van der Waals surface area contributed by atoms with Crippen LogP contribution in [0.15, 0.2) is 50.3 Å². The van der Waals surface area contributed by atoms with Crippen molar-refractivity contribution in [2.24, 2.45) is 5.10 Å². The smallest absolute Gasteiger partial charge is 0.252 e. The van der Waals surface area contributed by atoms with Crippen molar-refractivity contribution in [3.05, 3.63) is 58.8 Å². The van der Waals surface area contributed by atoms with Gasteiger partial charge in [0.25, 0.3) is 5.88 Å². The Kier molecular flexibility index (Phi) is 4.13. The molecule has 0 radical (unpaired) electrons. The first-order chi connectivity index (χ1) is 11.2. The summed E-state index contributed by atoms with van der Waals surface area (Å²) in [6.07, 6.45) is 1.48. The largest absolute Gasteiger partial charge is 0.455 e. The molecule has 2 heterocycles. The number of nitrogens with zero attached hydrogens (tertiary/aromatic N) is 3. The monoisotopic (exact) mass is 326 g/mol. The summed E-state index contributed by atoms with van der Waals surface area (Å²) in [6, 6.07) is 12.9. The van der Waals surface area contributed by atoms with Gasteiger partial charge in [-0.2, -0.15) is 10.4 Å². The summed E-state index contributed by atoms with van der Waals surface area (Å²) in [7, 11) is 0. The molecular formula is C16H11ClN4O2. The van der Waals surface area contributed by atoms with E-state index in [1.807, 2.05) is 30.3 Å². The molecule has 23 heavy (non-hydrogen) atoms. The summed E-state index contributed by atoms with van der Waals surface area (Å²) in [5.74, 6) is 1.81. The van der Waals surface area contributed by atoms with E-state index in [4.69, 9.17) is 25.7 Å². The highest BCUT2D eigenvalue weighted by atomic mass is 35.5. The predicted octanol–water partition coefficient (Wildman–Crippen LogP) is 4.21. The second kappa shape index (κ2) is 6.38. The molecule has 0 fully saturated rings. The molecule has 114 valence electrons. The van der Waals surface area contributed by atoms with E-state index >= 15 is 0 Å². The highest BCUT2D eigenvalue weighted by Crippen LogP contribution is 2.24. The van der Waals surface area contributed by atoms with Gasteiger partial charge in [0.05, 0.1) is 6.21 Å². The van der Waals surface area contributed by atoms with Crippen LogP contribution in [-0.4, -0.2) is 11.2 Å². The van der Waals surface area contributed by atoms with Gasteiger partial charge in [-0.25, -0.2) is 10.4 Å². The van der Waals surface area contributed by atoms with Gasteiger partial charge in [-0.3, -0.25) is 0 Å². The number of rotatable bonds is 4. The van der Waals surface area contributed by atoms with Crippen LogP contribution >= 0.6 is 11.6 Å². The maximum atomic E-state index is 8.91. The van der Waals surface area contributed by atoms with Crippen LogP contribution in [0.4, 0.5) is 5.88 Å². The van der Waals surface area contributed by atoms with Crippen molar-refractivity contribution >= 4 is 23.7 Å². The summed E-state index contributed by atoms with van der Waals surface area (Å²) in [5.41, 5.74) is 3.66. The molecule has 2 aromatic heterocycles. The molecule has 0 bridgehead atoms. The number of benzene rings is 1.